The molecule has 0 amide bonds. The Labute approximate surface area is 71.2 Å². The molecule has 24 valence electrons. The Balaban J connectivity index is 0. The van der Waals surface area contributed by atoms with Crippen molar-refractivity contribution >= 4 is 12.4 Å². The smallest absolute Gasteiger partial charge is 1.00 e. The van der Waals surface area contributed by atoms with Crippen molar-refractivity contribution in [1.82, 2.24) is 6.15 Å². The summed E-state index contributed by atoms with van der Waals surface area (Å²) in [6, 6.07) is 0. The largest absolute Gasteiger partial charge is 1.00 e. The van der Waals surface area contributed by atoms with Crippen LogP contribution in [0, 0.1) is 0 Å². The van der Waals surface area contributed by atoms with Crippen LogP contribution in [0.5, 0.6) is 0 Å². The van der Waals surface area contributed by atoms with E-state index in [1.165, 1.54) is 0 Å². The van der Waals surface area contributed by atoms with E-state index in [1.807, 2.05) is 0 Å². The maximum absolute atomic E-state index is 0. The van der Waals surface area contributed by atoms with Crippen LogP contribution in [0.2, 0.25) is 0 Å². The first-order valence-electron chi connectivity index (χ1n) is 0. The third-order valence-corrected chi connectivity index (χ3v) is 0. The van der Waals surface area contributed by atoms with Crippen molar-refractivity contribution < 1.29 is 53.5 Å². The van der Waals surface area contributed by atoms with E-state index in [0.29, 0.717) is 0 Å². The fourth-order valence-corrected chi connectivity index (χ4v) is 0. The van der Waals surface area contributed by atoms with E-state index in [4.69, 9.17) is 0 Å². The number of hydrogen-bond donors (Lipinski definition) is 1. The van der Waals surface area contributed by atoms with Gasteiger partial charge in [0.05, 0.1) is 0 Å². The maximum Gasteiger partial charge on any atom is 1.00 e. The van der Waals surface area contributed by atoms with Crippen molar-refractivity contribution in [2.45, 2.75) is 0 Å². The van der Waals surface area contributed by atoms with Gasteiger partial charge in [0.2, 0.25) is 0 Å². The second kappa shape index (κ2) is 20.1. The van der Waals surface area contributed by atoms with Gasteiger partial charge in [0.1, 0.15) is 0 Å². The number of rotatable bonds is 0. The summed E-state index contributed by atoms with van der Waals surface area (Å²) in [5.74, 6) is 0. The molecule has 0 aliphatic rings. The van der Waals surface area contributed by atoms with E-state index >= 15 is 0 Å². The molecule has 0 heterocycles. The van der Waals surface area contributed by atoms with Crippen LogP contribution in [0.3, 0.4) is 0 Å². The summed E-state index contributed by atoms with van der Waals surface area (Å²) in [5.41, 5.74) is 0. The van der Waals surface area contributed by atoms with Crippen molar-refractivity contribution in [1.29, 1.82) is 0 Å². The standard InChI is InChI=1S/ClH.HI.H3N.Na/h2*1H;1H3;/q;;;+1/p-1. The zero-order valence-electron chi connectivity index (χ0n) is 2.49. The number of hydrogen-bond acceptors (Lipinski definition) is 1. The van der Waals surface area contributed by atoms with Crippen LogP contribution >= 0.6 is 12.4 Å². The molecule has 0 aromatic heterocycles. The fourth-order valence-electron chi connectivity index (χ4n) is 0. The molecule has 0 radical (unpaired) electrons. The Kier molecular flexibility index (Phi) is 190. The molecule has 0 aliphatic heterocycles. The minimum absolute atomic E-state index is 0. The number of halogens is 2. The van der Waals surface area contributed by atoms with Crippen LogP contribution in [0.1, 0.15) is 0 Å². The Morgan fingerprint density at radius 2 is 1.00 bits per heavy atom. The first-order chi connectivity index (χ1) is 0. The molecule has 0 bridgehead atoms. The molecule has 0 fully saturated rings. The van der Waals surface area contributed by atoms with E-state index in [2.05, 4.69) is 0 Å². The Bertz CT molecular complexity index is 8.00. The summed E-state index contributed by atoms with van der Waals surface area (Å²) >= 11 is 0. The van der Waals surface area contributed by atoms with Crippen molar-refractivity contribution in [3.63, 3.8) is 0 Å². The van der Waals surface area contributed by atoms with Crippen LogP contribution in [-0.2, 0) is 0 Å². The Hall–Kier alpha value is 1.98. The summed E-state index contributed by atoms with van der Waals surface area (Å²) in [6.45, 7) is 0. The zero-order chi connectivity index (χ0) is 0. The van der Waals surface area contributed by atoms with Gasteiger partial charge in [0.25, 0.3) is 0 Å². The topological polar surface area (TPSA) is 35.0 Å². The Morgan fingerprint density at radius 1 is 1.00 bits per heavy atom. The second-order valence-electron chi connectivity index (χ2n) is 0. The quantitative estimate of drug-likeness (QED) is 0.310. The van der Waals surface area contributed by atoms with E-state index in [-0.39, 0.29) is 72.1 Å². The molecule has 0 spiro atoms. The van der Waals surface area contributed by atoms with Gasteiger partial charge in [0.15, 0.2) is 0 Å². The van der Waals surface area contributed by atoms with Gasteiger partial charge in [0, 0.05) is 0 Å². The van der Waals surface area contributed by atoms with Gasteiger partial charge in [-0.15, -0.1) is 12.4 Å². The molecular weight excluding hydrogens is 199 g/mol. The van der Waals surface area contributed by atoms with Crippen LogP contribution in [0.15, 0.2) is 0 Å². The van der Waals surface area contributed by atoms with Crippen LogP contribution in [0.4, 0.5) is 0 Å². The van der Waals surface area contributed by atoms with Crippen molar-refractivity contribution in [3.05, 3.63) is 0 Å². The molecule has 0 unspecified atom stereocenters. The SMILES string of the molecule is Cl.N.[I-].[Na+]. The molecule has 0 aliphatic carbocycles. The molecule has 0 saturated heterocycles. The van der Waals surface area contributed by atoms with Gasteiger partial charge in [-0.2, -0.15) is 0 Å². The molecule has 3 N–H and O–H groups in total. The molecule has 0 saturated carbocycles. The third-order valence-electron chi connectivity index (χ3n) is 0. The monoisotopic (exact) mass is 203 g/mol. The predicted octanol–water partition coefficient (Wildman–Crippen LogP) is -5.41. The first kappa shape index (κ1) is 37.8. The summed E-state index contributed by atoms with van der Waals surface area (Å²) < 4.78 is 0. The summed E-state index contributed by atoms with van der Waals surface area (Å²) in [4.78, 5) is 0. The minimum Gasteiger partial charge on any atom is -1.00 e. The predicted molar refractivity (Wildman–Crippen MR) is 12.3 cm³/mol. The average Bonchev–Trinajstić information content (AvgIpc) is 0. The van der Waals surface area contributed by atoms with Gasteiger partial charge in [-0.3, -0.25) is 0 Å². The third kappa shape index (κ3) is 9.02. The molecule has 0 atom stereocenters. The average molecular weight is 203 g/mol. The molecular formula is H4ClINNa. The van der Waals surface area contributed by atoms with Crippen LogP contribution < -0.4 is 59.7 Å². The van der Waals surface area contributed by atoms with Crippen LogP contribution in [-0.4, -0.2) is 0 Å². The van der Waals surface area contributed by atoms with Crippen LogP contribution in [0.25, 0.3) is 0 Å². The Morgan fingerprint density at radius 3 is 1.00 bits per heavy atom. The molecule has 1 nitrogen and oxygen atoms in total. The van der Waals surface area contributed by atoms with E-state index in [9.17, 15) is 0 Å². The molecule has 4 heavy (non-hydrogen) atoms. The molecule has 0 aromatic rings. The van der Waals surface area contributed by atoms with Crippen molar-refractivity contribution in [2.75, 3.05) is 0 Å². The van der Waals surface area contributed by atoms with Gasteiger partial charge < -0.3 is 30.1 Å². The van der Waals surface area contributed by atoms with E-state index < -0.39 is 0 Å². The molecule has 4 heteroatoms. The zero-order valence-corrected chi connectivity index (χ0v) is 7.47. The molecule has 0 aromatic carbocycles. The van der Waals surface area contributed by atoms with E-state index in [0.717, 1.165) is 0 Å². The fraction of sp³-hybridized carbons (Fsp3) is 0. The van der Waals surface area contributed by atoms with Crippen molar-refractivity contribution in [2.24, 2.45) is 0 Å². The maximum atomic E-state index is 0. The molecule has 0 rings (SSSR count). The van der Waals surface area contributed by atoms with Gasteiger partial charge in [-0.25, -0.2) is 0 Å². The normalized spacial score (nSPS) is 0. The first-order valence-corrected chi connectivity index (χ1v) is 0. The summed E-state index contributed by atoms with van der Waals surface area (Å²) in [5, 5.41) is 0. The minimum atomic E-state index is 0. The van der Waals surface area contributed by atoms with E-state index in [1.54, 1.807) is 0 Å². The van der Waals surface area contributed by atoms with Gasteiger partial charge >= 0.3 is 29.6 Å². The summed E-state index contributed by atoms with van der Waals surface area (Å²) in [6.07, 6.45) is 0. The summed E-state index contributed by atoms with van der Waals surface area (Å²) in [7, 11) is 0. The van der Waals surface area contributed by atoms with Gasteiger partial charge in [-0.1, -0.05) is 0 Å². The van der Waals surface area contributed by atoms with Gasteiger partial charge in [-0.05, 0) is 0 Å². The van der Waals surface area contributed by atoms with Crippen molar-refractivity contribution in [3.8, 4) is 0 Å². The second-order valence-corrected chi connectivity index (χ2v) is 0.